The summed E-state index contributed by atoms with van der Waals surface area (Å²) in [5.41, 5.74) is 4.51. The molecule has 0 spiro atoms. The van der Waals surface area contributed by atoms with E-state index in [1.165, 1.54) is 5.56 Å². The molecule has 3 nitrogen and oxygen atoms in total. The molecule has 2 aromatic carbocycles. The highest BCUT2D eigenvalue weighted by molar-refractivity contribution is 9.10. The van der Waals surface area contributed by atoms with Crippen LogP contribution in [0.2, 0.25) is 0 Å². The molecule has 3 aromatic rings. The average Bonchev–Trinajstić information content (AvgIpc) is 2.87. The number of anilines is 1. The molecule has 0 saturated heterocycles. The second-order valence-electron chi connectivity index (χ2n) is 4.82. The van der Waals surface area contributed by atoms with E-state index in [0.29, 0.717) is 0 Å². The van der Waals surface area contributed by atoms with E-state index in [0.717, 1.165) is 38.6 Å². The van der Waals surface area contributed by atoms with Gasteiger partial charge in [0.1, 0.15) is 0 Å². The number of fused-ring (bicyclic) bond motifs is 1. The van der Waals surface area contributed by atoms with Gasteiger partial charge in [-0.15, -0.1) is 0 Å². The maximum absolute atomic E-state index is 4.59. The van der Waals surface area contributed by atoms with E-state index in [-0.39, 0.29) is 0 Å². The predicted molar refractivity (Wildman–Crippen MR) is 94.2 cm³/mol. The number of halogens is 1. The fraction of sp³-hybridized carbons (Fsp3) is 0.188. The molecule has 5 heteroatoms. The van der Waals surface area contributed by atoms with Crippen LogP contribution in [0.4, 0.5) is 5.69 Å². The number of aromatic amines is 1. The number of benzene rings is 2. The van der Waals surface area contributed by atoms with Gasteiger partial charge in [-0.25, -0.2) is 4.98 Å². The molecule has 0 aliphatic carbocycles. The Kier molecular flexibility index (Phi) is 4.51. The second-order valence-corrected chi connectivity index (χ2v) is 6.76. The largest absolute Gasteiger partial charge is 0.383 e. The summed E-state index contributed by atoms with van der Waals surface area (Å²) in [7, 11) is 0. The summed E-state index contributed by atoms with van der Waals surface area (Å²) in [6.45, 7) is 2.98. The Morgan fingerprint density at radius 3 is 2.95 bits per heavy atom. The first-order chi connectivity index (χ1) is 10.2. The van der Waals surface area contributed by atoms with Gasteiger partial charge in [-0.05, 0) is 52.7 Å². The van der Waals surface area contributed by atoms with Gasteiger partial charge in [0, 0.05) is 22.5 Å². The molecule has 2 N–H and O–H groups in total. The SMILES string of the molecule is Cc1ccc2nc(SCCNc3ccccc3Br)[nH]c2c1. The van der Waals surface area contributed by atoms with Crippen LogP contribution in [0.15, 0.2) is 52.1 Å². The van der Waals surface area contributed by atoms with Crippen LogP contribution in [0.5, 0.6) is 0 Å². The van der Waals surface area contributed by atoms with Crippen LogP contribution in [-0.4, -0.2) is 22.3 Å². The normalized spacial score (nSPS) is 11.0. The Labute approximate surface area is 136 Å². The lowest BCUT2D eigenvalue weighted by Gasteiger charge is -2.07. The monoisotopic (exact) mass is 361 g/mol. The van der Waals surface area contributed by atoms with Crippen molar-refractivity contribution in [3.8, 4) is 0 Å². The summed E-state index contributed by atoms with van der Waals surface area (Å²) < 4.78 is 1.09. The van der Waals surface area contributed by atoms with Crippen molar-refractivity contribution in [2.75, 3.05) is 17.6 Å². The average molecular weight is 362 g/mol. The fourth-order valence-corrected chi connectivity index (χ4v) is 3.27. The number of hydrogen-bond donors (Lipinski definition) is 2. The first-order valence-electron chi connectivity index (χ1n) is 6.80. The van der Waals surface area contributed by atoms with Gasteiger partial charge >= 0.3 is 0 Å². The minimum Gasteiger partial charge on any atom is -0.383 e. The van der Waals surface area contributed by atoms with Crippen molar-refractivity contribution in [3.63, 3.8) is 0 Å². The number of rotatable bonds is 5. The topological polar surface area (TPSA) is 40.7 Å². The van der Waals surface area contributed by atoms with Gasteiger partial charge in [-0.2, -0.15) is 0 Å². The van der Waals surface area contributed by atoms with Crippen molar-refractivity contribution in [1.29, 1.82) is 0 Å². The van der Waals surface area contributed by atoms with Crippen LogP contribution in [-0.2, 0) is 0 Å². The highest BCUT2D eigenvalue weighted by atomic mass is 79.9. The lowest BCUT2D eigenvalue weighted by molar-refractivity contribution is 1.07. The van der Waals surface area contributed by atoms with Crippen molar-refractivity contribution in [2.45, 2.75) is 12.1 Å². The summed E-state index contributed by atoms with van der Waals surface area (Å²) in [6, 6.07) is 14.4. The molecule has 0 radical (unpaired) electrons. The van der Waals surface area contributed by atoms with Crippen molar-refractivity contribution in [3.05, 3.63) is 52.5 Å². The molecule has 0 aliphatic rings. The van der Waals surface area contributed by atoms with Crippen LogP contribution in [0.25, 0.3) is 11.0 Å². The van der Waals surface area contributed by atoms with E-state index in [4.69, 9.17) is 0 Å². The predicted octanol–water partition coefficient (Wildman–Crippen LogP) is 4.84. The summed E-state index contributed by atoms with van der Waals surface area (Å²) in [6.07, 6.45) is 0. The molecular weight excluding hydrogens is 346 g/mol. The maximum Gasteiger partial charge on any atom is 0.166 e. The molecule has 0 aliphatic heterocycles. The van der Waals surface area contributed by atoms with E-state index >= 15 is 0 Å². The van der Waals surface area contributed by atoms with Crippen LogP contribution in [0.3, 0.4) is 0 Å². The van der Waals surface area contributed by atoms with Gasteiger partial charge < -0.3 is 10.3 Å². The van der Waals surface area contributed by atoms with Crippen molar-refractivity contribution in [1.82, 2.24) is 9.97 Å². The zero-order valence-electron chi connectivity index (χ0n) is 11.7. The third-order valence-corrected chi connectivity index (χ3v) is 4.71. The third kappa shape index (κ3) is 3.60. The summed E-state index contributed by atoms with van der Waals surface area (Å²) in [4.78, 5) is 7.95. The molecule has 0 unspecified atom stereocenters. The summed E-state index contributed by atoms with van der Waals surface area (Å²) in [5.74, 6) is 0.958. The smallest absolute Gasteiger partial charge is 0.166 e. The summed E-state index contributed by atoms with van der Waals surface area (Å²) >= 11 is 5.27. The number of thioether (sulfide) groups is 1. The molecular formula is C16H16BrN3S. The van der Waals surface area contributed by atoms with Gasteiger partial charge in [0.2, 0.25) is 0 Å². The van der Waals surface area contributed by atoms with Gasteiger partial charge in [0.05, 0.1) is 11.0 Å². The van der Waals surface area contributed by atoms with Crippen molar-refractivity contribution in [2.24, 2.45) is 0 Å². The van der Waals surface area contributed by atoms with Crippen molar-refractivity contribution < 1.29 is 0 Å². The van der Waals surface area contributed by atoms with E-state index in [1.54, 1.807) is 11.8 Å². The molecule has 0 amide bonds. The standard InChI is InChI=1S/C16H16BrN3S/c1-11-6-7-14-15(10-11)20-16(19-14)21-9-8-18-13-5-3-2-4-12(13)17/h2-7,10,18H,8-9H2,1H3,(H,19,20). The Hall–Kier alpha value is -1.46. The molecule has 0 bridgehead atoms. The molecule has 108 valence electrons. The second kappa shape index (κ2) is 6.54. The number of nitrogens with one attached hydrogen (secondary N) is 2. The third-order valence-electron chi connectivity index (χ3n) is 3.15. The van der Waals surface area contributed by atoms with Crippen LogP contribution < -0.4 is 5.32 Å². The van der Waals surface area contributed by atoms with E-state index in [2.05, 4.69) is 62.4 Å². The number of aryl methyl sites for hydroxylation is 1. The Bertz CT molecular complexity index is 754. The fourth-order valence-electron chi connectivity index (χ4n) is 2.11. The summed E-state index contributed by atoms with van der Waals surface area (Å²) in [5, 5.41) is 4.39. The molecule has 0 saturated carbocycles. The number of nitrogens with zero attached hydrogens (tertiary/aromatic N) is 1. The molecule has 0 fully saturated rings. The zero-order valence-corrected chi connectivity index (χ0v) is 14.1. The number of imidazole rings is 1. The molecule has 3 rings (SSSR count). The van der Waals surface area contributed by atoms with Gasteiger partial charge in [-0.3, -0.25) is 0 Å². The number of hydrogen-bond acceptors (Lipinski definition) is 3. The number of aromatic nitrogens is 2. The first-order valence-corrected chi connectivity index (χ1v) is 8.58. The number of H-pyrrole nitrogens is 1. The van der Waals surface area contributed by atoms with Crippen LogP contribution >= 0.6 is 27.7 Å². The van der Waals surface area contributed by atoms with Gasteiger partial charge in [0.25, 0.3) is 0 Å². The molecule has 0 atom stereocenters. The molecule has 1 aromatic heterocycles. The number of para-hydroxylation sites is 1. The highest BCUT2D eigenvalue weighted by Gasteiger charge is 2.03. The van der Waals surface area contributed by atoms with Gasteiger partial charge in [-0.1, -0.05) is 30.0 Å². The van der Waals surface area contributed by atoms with E-state index in [9.17, 15) is 0 Å². The lowest BCUT2D eigenvalue weighted by atomic mass is 10.2. The van der Waals surface area contributed by atoms with Crippen molar-refractivity contribution >= 4 is 44.4 Å². The van der Waals surface area contributed by atoms with Crippen LogP contribution in [0.1, 0.15) is 5.56 Å². The van der Waals surface area contributed by atoms with E-state index < -0.39 is 0 Å². The Balaban J connectivity index is 1.56. The first kappa shape index (κ1) is 14.5. The zero-order chi connectivity index (χ0) is 14.7. The lowest BCUT2D eigenvalue weighted by Crippen LogP contribution is -2.04. The molecule has 1 heterocycles. The molecule has 21 heavy (non-hydrogen) atoms. The minimum atomic E-state index is 0.892. The van der Waals surface area contributed by atoms with Crippen LogP contribution in [0, 0.1) is 6.92 Å². The quantitative estimate of drug-likeness (QED) is 0.504. The highest BCUT2D eigenvalue weighted by Crippen LogP contribution is 2.22. The van der Waals surface area contributed by atoms with E-state index in [1.807, 2.05) is 18.2 Å². The Morgan fingerprint density at radius 1 is 1.24 bits per heavy atom. The van der Waals surface area contributed by atoms with Gasteiger partial charge in [0.15, 0.2) is 5.16 Å². The maximum atomic E-state index is 4.59. The minimum absolute atomic E-state index is 0.892. The Morgan fingerprint density at radius 2 is 2.10 bits per heavy atom.